The average Bonchev–Trinajstić information content (AvgIpc) is 2.98. The van der Waals surface area contributed by atoms with Gasteiger partial charge in [0.05, 0.1) is 5.52 Å². The molecule has 0 saturated heterocycles. The van der Waals surface area contributed by atoms with Crippen molar-refractivity contribution >= 4 is 11.0 Å². The maximum Gasteiger partial charge on any atom is 0.113 e. The summed E-state index contributed by atoms with van der Waals surface area (Å²) < 4.78 is 2.02. The molecule has 4 rings (SSSR count). The number of aromatic nitrogens is 3. The molecule has 4 nitrogen and oxygen atoms in total. The summed E-state index contributed by atoms with van der Waals surface area (Å²) in [4.78, 5) is 2.54. The third kappa shape index (κ3) is 2.62. The van der Waals surface area contributed by atoms with E-state index in [1.54, 1.807) is 0 Å². The zero-order valence-electron chi connectivity index (χ0n) is 12.7. The first-order valence-corrected chi connectivity index (χ1v) is 7.97. The predicted molar refractivity (Wildman–Crippen MR) is 87.6 cm³/mol. The highest BCUT2D eigenvalue weighted by molar-refractivity contribution is 5.73. The monoisotopic (exact) mass is 292 g/mol. The summed E-state index contributed by atoms with van der Waals surface area (Å²) in [7, 11) is 0. The van der Waals surface area contributed by atoms with Crippen LogP contribution in [0.4, 0.5) is 0 Å². The molecule has 22 heavy (non-hydrogen) atoms. The van der Waals surface area contributed by atoms with Gasteiger partial charge in [0, 0.05) is 26.2 Å². The van der Waals surface area contributed by atoms with E-state index in [4.69, 9.17) is 0 Å². The van der Waals surface area contributed by atoms with Crippen LogP contribution < -0.4 is 0 Å². The van der Waals surface area contributed by atoms with Gasteiger partial charge >= 0.3 is 0 Å². The fraction of sp³-hybridized carbons (Fsp3) is 0.333. The lowest BCUT2D eigenvalue weighted by Gasteiger charge is -2.28. The third-order valence-corrected chi connectivity index (χ3v) is 4.47. The Morgan fingerprint density at radius 1 is 0.909 bits per heavy atom. The molecule has 0 spiro atoms. The largest absolute Gasteiger partial charge is 0.299 e. The van der Waals surface area contributed by atoms with E-state index in [9.17, 15) is 0 Å². The van der Waals surface area contributed by atoms with Crippen LogP contribution in [0.5, 0.6) is 0 Å². The number of hydrogen-bond acceptors (Lipinski definition) is 3. The quantitative estimate of drug-likeness (QED) is 0.741. The fourth-order valence-electron chi connectivity index (χ4n) is 3.27. The highest BCUT2D eigenvalue weighted by Crippen LogP contribution is 2.18. The van der Waals surface area contributed by atoms with E-state index in [1.165, 1.54) is 17.5 Å². The summed E-state index contributed by atoms with van der Waals surface area (Å²) in [6, 6.07) is 17.0. The van der Waals surface area contributed by atoms with Gasteiger partial charge in [-0.2, -0.15) is 0 Å². The minimum Gasteiger partial charge on any atom is -0.299 e. The fourth-order valence-corrected chi connectivity index (χ4v) is 3.27. The van der Waals surface area contributed by atoms with Crippen molar-refractivity contribution in [1.82, 2.24) is 19.9 Å². The minimum absolute atomic E-state index is 0.929. The van der Waals surface area contributed by atoms with Crippen LogP contribution in [0.1, 0.15) is 17.5 Å². The zero-order chi connectivity index (χ0) is 14.8. The van der Waals surface area contributed by atoms with Crippen LogP contribution in [0.2, 0.25) is 0 Å². The first kappa shape index (κ1) is 13.5. The number of fused-ring (bicyclic) bond motifs is 2. The van der Waals surface area contributed by atoms with Gasteiger partial charge in [-0.15, -0.1) is 5.10 Å². The Labute approximate surface area is 130 Å². The highest BCUT2D eigenvalue weighted by atomic mass is 15.4. The molecule has 0 saturated carbocycles. The van der Waals surface area contributed by atoms with E-state index in [-0.39, 0.29) is 0 Å². The van der Waals surface area contributed by atoms with Crippen molar-refractivity contribution < 1.29 is 0 Å². The van der Waals surface area contributed by atoms with Crippen LogP contribution in [-0.2, 0) is 19.5 Å². The molecule has 0 amide bonds. The average molecular weight is 292 g/mol. The smallest absolute Gasteiger partial charge is 0.113 e. The minimum atomic E-state index is 0.929. The summed E-state index contributed by atoms with van der Waals surface area (Å²) in [5.41, 5.74) is 5.11. The lowest BCUT2D eigenvalue weighted by molar-refractivity contribution is 0.245. The summed E-state index contributed by atoms with van der Waals surface area (Å²) >= 11 is 0. The van der Waals surface area contributed by atoms with Crippen LogP contribution in [0.3, 0.4) is 0 Å². The van der Waals surface area contributed by atoms with Gasteiger partial charge in [0.25, 0.3) is 0 Å². The van der Waals surface area contributed by atoms with Crippen molar-refractivity contribution in [1.29, 1.82) is 0 Å². The van der Waals surface area contributed by atoms with Crippen molar-refractivity contribution in [3.8, 4) is 0 Å². The van der Waals surface area contributed by atoms with E-state index in [0.717, 1.165) is 43.6 Å². The Morgan fingerprint density at radius 3 is 2.68 bits per heavy atom. The van der Waals surface area contributed by atoms with E-state index < -0.39 is 0 Å². The molecule has 0 N–H and O–H groups in total. The predicted octanol–water partition coefficient (Wildman–Crippen LogP) is 2.88. The van der Waals surface area contributed by atoms with Gasteiger partial charge in [-0.25, -0.2) is 4.68 Å². The molecule has 1 aliphatic rings. The van der Waals surface area contributed by atoms with E-state index in [2.05, 4.69) is 45.5 Å². The Hall–Kier alpha value is -2.20. The molecule has 112 valence electrons. The molecular formula is C18H20N4. The molecule has 2 heterocycles. The molecule has 0 aliphatic carbocycles. The SMILES string of the molecule is c1ccc2c(c1)CCN(CCCn1nnc3ccccc31)C2. The Balaban J connectivity index is 1.36. The molecule has 4 heteroatoms. The molecule has 0 unspecified atom stereocenters. The molecule has 2 aromatic carbocycles. The van der Waals surface area contributed by atoms with Crippen molar-refractivity contribution in [2.24, 2.45) is 0 Å². The number of aryl methyl sites for hydroxylation is 1. The van der Waals surface area contributed by atoms with Gasteiger partial charge < -0.3 is 0 Å². The second-order valence-electron chi connectivity index (χ2n) is 5.95. The number of para-hydroxylation sites is 1. The zero-order valence-corrected chi connectivity index (χ0v) is 12.7. The number of rotatable bonds is 4. The summed E-state index contributed by atoms with van der Waals surface area (Å²) in [5, 5.41) is 8.48. The van der Waals surface area contributed by atoms with Crippen LogP contribution >= 0.6 is 0 Å². The van der Waals surface area contributed by atoms with Gasteiger partial charge in [0.2, 0.25) is 0 Å². The highest BCUT2D eigenvalue weighted by Gasteiger charge is 2.15. The van der Waals surface area contributed by atoms with Crippen molar-refractivity contribution in [3.63, 3.8) is 0 Å². The number of nitrogens with zero attached hydrogens (tertiary/aromatic N) is 4. The Bertz CT molecular complexity index is 777. The third-order valence-electron chi connectivity index (χ3n) is 4.47. The molecule has 0 bridgehead atoms. The molecular weight excluding hydrogens is 272 g/mol. The van der Waals surface area contributed by atoms with Crippen LogP contribution in [0, 0.1) is 0 Å². The normalized spacial score (nSPS) is 15.1. The molecule has 1 aromatic heterocycles. The standard InChI is InChI=1S/C18H20N4/c1-2-7-16-14-21(13-10-15(16)6-1)11-5-12-22-18-9-4-3-8-17(18)19-20-22/h1-4,6-9H,5,10-14H2. The van der Waals surface area contributed by atoms with E-state index in [1.807, 2.05) is 22.9 Å². The van der Waals surface area contributed by atoms with Gasteiger partial charge in [-0.1, -0.05) is 41.6 Å². The molecule has 0 radical (unpaired) electrons. The summed E-state index contributed by atoms with van der Waals surface area (Å²) in [6.07, 6.45) is 2.28. The first-order chi connectivity index (χ1) is 10.9. The number of benzene rings is 2. The topological polar surface area (TPSA) is 34.0 Å². The Morgan fingerprint density at radius 2 is 1.73 bits per heavy atom. The lowest BCUT2D eigenvalue weighted by Crippen LogP contribution is -2.31. The summed E-state index contributed by atoms with van der Waals surface area (Å²) in [6.45, 7) is 4.28. The van der Waals surface area contributed by atoms with Gasteiger partial charge in [-0.05, 0) is 36.1 Å². The van der Waals surface area contributed by atoms with Crippen LogP contribution in [-0.4, -0.2) is 33.0 Å². The maximum atomic E-state index is 4.26. The lowest BCUT2D eigenvalue weighted by atomic mass is 10.00. The van der Waals surface area contributed by atoms with Gasteiger partial charge in [0.15, 0.2) is 0 Å². The molecule has 0 atom stereocenters. The van der Waals surface area contributed by atoms with Crippen molar-refractivity contribution in [2.45, 2.75) is 25.9 Å². The van der Waals surface area contributed by atoms with Crippen LogP contribution in [0.15, 0.2) is 48.5 Å². The molecule has 1 aliphatic heterocycles. The van der Waals surface area contributed by atoms with Gasteiger partial charge in [0.1, 0.15) is 5.52 Å². The molecule has 3 aromatic rings. The maximum absolute atomic E-state index is 4.26. The van der Waals surface area contributed by atoms with E-state index >= 15 is 0 Å². The second-order valence-corrected chi connectivity index (χ2v) is 5.95. The Kier molecular flexibility index (Phi) is 3.60. The van der Waals surface area contributed by atoms with Crippen LogP contribution in [0.25, 0.3) is 11.0 Å². The summed E-state index contributed by atoms with van der Waals surface area (Å²) in [5.74, 6) is 0. The second kappa shape index (κ2) is 5.89. The molecule has 0 fully saturated rings. The number of hydrogen-bond donors (Lipinski definition) is 0. The van der Waals surface area contributed by atoms with Crippen molar-refractivity contribution in [3.05, 3.63) is 59.7 Å². The van der Waals surface area contributed by atoms with Crippen molar-refractivity contribution in [2.75, 3.05) is 13.1 Å². The van der Waals surface area contributed by atoms with E-state index in [0.29, 0.717) is 0 Å². The van der Waals surface area contributed by atoms with Gasteiger partial charge in [-0.3, -0.25) is 4.90 Å². The first-order valence-electron chi connectivity index (χ1n) is 7.97.